The lowest BCUT2D eigenvalue weighted by molar-refractivity contribution is -0.142. The van der Waals surface area contributed by atoms with Gasteiger partial charge in [0.1, 0.15) is 5.41 Å². The van der Waals surface area contributed by atoms with Crippen molar-refractivity contribution in [3.05, 3.63) is 28.8 Å². The highest BCUT2D eigenvalue weighted by atomic mass is 35.5. The fourth-order valence-electron chi connectivity index (χ4n) is 2.79. The number of benzene rings is 1. The van der Waals surface area contributed by atoms with Gasteiger partial charge in [0.05, 0.1) is 0 Å². The van der Waals surface area contributed by atoms with Gasteiger partial charge < -0.3 is 10.2 Å². The van der Waals surface area contributed by atoms with E-state index in [9.17, 15) is 9.59 Å². The van der Waals surface area contributed by atoms with Crippen LogP contribution in [0.15, 0.2) is 18.2 Å². The number of nitrogens with one attached hydrogen (secondary N) is 1. The number of aryl methyl sites for hydroxylation is 1. The Morgan fingerprint density at radius 1 is 1.22 bits per heavy atom. The third-order valence-corrected chi connectivity index (χ3v) is 4.55. The Bertz CT molecular complexity index is 591. The fraction of sp³-hybridized carbons (Fsp3) is 0.556. The summed E-state index contributed by atoms with van der Waals surface area (Å²) in [6.45, 7) is 7.42. The van der Waals surface area contributed by atoms with Crippen LogP contribution in [0.25, 0.3) is 0 Å². The molecule has 2 rings (SSSR count). The summed E-state index contributed by atoms with van der Waals surface area (Å²) in [6, 6.07) is 5.37. The van der Waals surface area contributed by atoms with Crippen molar-refractivity contribution in [1.82, 2.24) is 4.90 Å². The molecule has 0 bridgehead atoms. The summed E-state index contributed by atoms with van der Waals surface area (Å²) < 4.78 is 0. The van der Waals surface area contributed by atoms with Crippen molar-refractivity contribution in [2.24, 2.45) is 5.41 Å². The summed E-state index contributed by atoms with van der Waals surface area (Å²) in [7, 11) is 0. The van der Waals surface area contributed by atoms with Crippen molar-refractivity contribution in [1.29, 1.82) is 0 Å². The van der Waals surface area contributed by atoms with E-state index >= 15 is 0 Å². The van der Waals surface area contributed by atoms with Crippen LogP contribution in [0.2, 0.25) is 5.02 Å². The Hall–Kier alpha value is -1.55. The summed E-state index contributed by atoms with van der Waals surface area (Å²) >= 11 is 6.00. The summed E-state index contributed by atoms with van der Waals surface area (Å²) in [4.78, 5) is 27.4. The molecule has 1 aliphatic rings. The van der Waals surface area contributed by atoms with E-state index < -0.39 is 5.41 Å². The average molecular weight is 337 g/mol. The molecule has 0 saturated heterocycles. The lowest BCUT2D eigenvalue weighted by atomic mass is 10.0. The molecule has 1 aromatic carbocycles. The molecule has 0 unspecified atom stereocenters. The van der Waals surface area contributed by atoms with Gasteiger partial charge in [0.2, 0.25) is 11.8 Å². The lowest BCUT2D eigenvalue weighted by Crippen LogP contribution is -2.43. The highest BCUT2D eigenvalue weighted by Crippen LogP contribution is 2.48. The van der Waals surface area contributed by atoms with E-state index in [1.807, 2.05) is 31.7 Å². The summed E-state index contributed by atoms with van der Waals surface area (Å²) in [5.41, 5.74) is 0.739. The molecule has 1 saturated carbocycles. The number of amides is 2. The third kappa shape index (κ3) is 3.86. The first kappa shape index (κ1) is 17.8. The maximum Gasteiger partial charge on any atom is 0.240 e. The molecule has 0 atom stereocenters. The minimum atomic E-state index is -0.876. The standard InChI is InChI=1S/C18H25ClN2O2/c1-4-10-21(11-5-2)17(23)18(8-9-18)16(22)20-15-12-14(19)7-6-13(15)3/h6-7,12H,4-5,8-11H2,1-3H3,(H,20,22). The second-order valence-corrected chi connectivity index (χ2v) is 6.72. The maximum atomic E-state index is 12.8. The first-order chi connectivity index (χ1) is 10.9. The van der Waals surface area contributed by atoms with Gasteiger partial charge >= 0.3 is 0 Å². The van der Waals surface area contributed by atoms with Gasteiger partial charge in [0.25, 0.3) is 0 Å². The van der Waals surface area contributed by atoms with Crippen molar-refractivity contribution < 1.29 is 9.59 Å². The van der Waals surface area contributed by atoms with Crippen LogP contribution in [0, 0.1) is 12.3 Å². The fourth-order valence-corrected chi connectivity index (χ4v) is 2.96. The first-order valence-electron chi connectivity index (χ1n) is 8.31. The lowest BCUT2D eigenvalue weighted by Gasteiger charge is -2.26. The number of hydrogen-bond donors (Lipinski definition) is 1. The van der Waals surface area contributed by atoms with E-state index in [0.717, 1.165) is 18.4 Å². The van der Waals surface area contributed by atoms with Gasteiger partial charge in [0.15, 0.2) is 0 Å². The second kappa shape index (κ2) is 7.35. The van der Waals surface area contributed by atoms with E-state index in [0.29, 0.717) is 36.6 Å². The number of carbonyl (C=O) groups excluding carboxylic acids is 2. The number of carbonyl (C=O) groups is 2. The van der Waals surface area contributed by atoms with E-state index in [1.165, 1.54) is 0 Å². The Balaban J connectivity index is 2.14. The van der Waals surface area contributed by atoms with Crippen LogP contribution in [-0.4, -0.2) is 29.8 Å². The zero-order valence-electron chi connectivity index (χ0n) is 14.1. The number of halogens is 1. The monoisotopic (exact) mass is 336 g/mol. The molecule has 1 fully saturated rings. The van der Waals surface area contributed by atoms with Crippen molar-refractivity contribution in [2.75, 3.05) is 18.4 Å². The Labute approximate surface area is 143 Å². The van der Waals surface area contributed by atoms with Gasteiger partial charge in [-0.3, -0.25) is 9.59 Å². The molecule has 5 heteroatoms. The van der Waals surface area contributed by atoms with Gasteiger partial charge in [0, 0.05) is 23.8 Å². The molecule has 4 nitrogen and oxygen atoms in total. The number of hydrogen-bond acceptors (Lipinski definition) is 2. The average Bonchev–Trinajstić information content (AvgIpc) is 3.32. The second-order valence-electron chi connectivity index (χ2n) is 6.29. The van der Waals surface area contributed by atoms with Crippen LogP contribution in [0.4, 0.5) is 5.69 Å². The van der Waals surface area contributed by atoms with E-state index in [1.54, 1.807) is 12.1 Å². The molecule has 0 spiro atoms. The van der Waals surface area contributed by atoms with E-state index in [4.69, 9.17) is 11.6 Å². The first-order valence-corrected chi connectivity index (χ1v) is 8.69. The highest BCUT2D eigenvalue weighted by Gasteiger charge is 2.57. The van der Waals surface area contributed by atoms with Crippen LogP contribution >= 0.6 is 11.6 Å². The van der Waals surface area contributed by atoms with Crippen LogP contribution in [0.5, 0.6) is 0 Å². The quantitative estimate of drug-likeness (QED) is 0.765. The largest absolute Gasteiger partial charge is 0.342 e. The molecule has 1 aromatic rings. The number of anilines is 1. The molecule has 1 aliphatic carbocycles. The number of rotatable bonds is 7. The molecule has 1 N–H and O–H groups in total. The SMILES string of the molecule is CCCN(CCC)C(=O)C1(C(=O)Nc2cc(Cl)ccc2C)CC1. The van der Waals surface area contributed by atoms with E-state index in [-0.39, 0.29) is 11.8 Å². The molecule has 0 radical (unpaired) electrons. The van der Waals surface area contributed by atoms with Crippen LogP contribution in [0.3, 0.4) is 0 Å². The predicted octanol–water partition coefficient (Wildman–Crippen LogP) is 4.02. The molecular weight excluding hydrogens is 312 g/mol. The third-order valence-electron chi connectivity index (χ3n) is 4.32. The van der Waals surface area contributed by atoms with E-state index in [2.05, 4.69) is 5.32 Å². The van der Waals surface area contributed by atoms with Crippen LogP contribution < -0.4 is 5.32 Å². The summed E-state index contributed by atoms with van der Waals surface area (Å²) in [6.07, 6.45) is 3.05. The maximum absolute atomic E-state index is 12.8. The molecule has 2 amide bonds. The van der Waals surface area contributed by atoms with Crippen molar-refractivity contribution in [2.45, 2.75) is 46.5 Å². The van der Waals surface area contributed by atoms with Gasteiger partial charge in [-0.2, -0.15) is 0 Å². The van der Waals surface area contributed by atoms with Crippen LogP contribution in [0.1, 0.15) is 45.1 Å². The summed E-state index contributed by atoms with van der Waals surface area (Å²) in [5.74, 6) is -0.233. The van der Waals surface area contributed by atoms with Crippen molar-refractivity contribution in [3.63, 3.8) is 0 Å². The van der Waals surface area contributed by atoms with Gasteiger partial charge in [-0.05, 0) is 50.3 Å². The zero-order valence-corrected chi connectivity index (χ0v) is 14.9. The molecule has 23 heavy (non-hydrogen) atoms. The topological polar surface area (TPSA) is 49.4 Å². The zero-order chi connectivity index (χ0) is 17.0. The van der Waals surface area contributed by atoms with Gasteiger partial charge in [-0.25, -0.2) is 0 Å². The predicted molar refractivity (Wildman–Crippen MR) is 93.6 cm³/mol. The van der Waals surface area contributed by atoms with Crippen molar-refractivity contribution >= 4 is 29.1 Å². The van der Waals surface area contributed by atoms with Crippen molar-refractivity contribution in [3.8, 4) is 0 Å². The van der Waals surface area contributed by atoms with Crippen LogP contribution in [-0.2, 0) is 9.59 Å². The Morgan fingerprint density at radius 2 is 1.83 bits per heavy atom. The molecular formula is C18H25ClN2O2. The Kier molecular flexibility index (Phi) is 5.69. The van der Waals surface area contributed by atoms with Gasteiger partial charge in [-0.1, -0.05) is 31.5 Å². The number of nitrogens with zero attached hydrogens (tertiary/aromatic N) is 1. The molecule has 0 aliphatic heterocycles. The minimum absolute atomic E-state index is 0.0293. The Morgan fingerprint density at radius 3 is 2.35 bits per heavy atom. The minimum Gasteiger partial charge on any atom is -0.342 e. The normalized spacial score (nSPS) is 15.1. The smallest absolute Gasteiger partial charge is 0.240 e. The highest BCUT2D eigenvalue weighted by molar-refractivity contribution is 6.31. The molecule has 0 aromatic heterocycles. The summed E-state index contributed by atoms with van der Waals surface area (Å²) in [5, 5.41) is 3.47. The molecule has 126 valence electrons. The molecule has 0 heterocycles. The van der Waals surface area contributed by atoms with Gasteiger partial charge in [-0.15, -0.1) is 0 Å².